The van der Waals surface area contributed by atoms with Crippen LogP contribution in [0, 0.1) is 0 Å². The molecule has 2 aromatic carbocycles. The van der Waals surface area contributed by atoms with Crippen molar-refractivity contribution < 1.29 is 23.1 Å². The molecule has 1 N–H and O–H groups in total. The lowest BCUT2D eigenvalue weighted by Crippen LogP contribution is -2.53. The highest BCUT2D eigenvalue weighted by molar-refractivity contribution is 7.91. The molecule has 3 aliphatic rings. The van der Waals surface area contributed by atoms with Gasteiger partial charge in [-0.25, -0.2) is 13.2 Å². The average molecular weight is 588 g/mol. The first kappa shape index (κ1) is 28.9. The Morgan fingerprint density at radius 2 is 1.57 bits per heavy atom. The topological polar surface area (TPSA) is 98.2 Å². The average Bonchev–Trinajstić information content (AvgIpc) is 3.58. The molecule has 0 radical (unpaired) electrons. The van der Waals surface area contributed by atoms with E-state index in [1.807, 2.05) is 24.3 Å². The van der Waals surface area contributed by atoms with Crippen LogP contribution < -0.4 is 4.90 Å². The van der Waals surface area contributed by atoms with Gasteiger partial charge in [0.2, 0.25) is 5.91 Å². The molecule has 2 atom stereocenters. The van der Waals surface area contributed by atoms with Crippen LogP contribution in [-0.2, 0) is 30.6 Å². The summed E-state index contributed by atoms with van der Waals surface area (Å²) in [6.45, 7) is 10.3. The Balaban J connectivity index is 1.26. The lowest BCUT2D eigenvalue weighted by molar-refractivity contribution is -0.149. The van der Waals surface area contributed by atoms with Gasteiger partial charge in [0.1, 0.15) is 6.04 Å². The summed E-state index contributed by atoms with van der Waals surface area (Å²) in [4.78, 5) is 31.8. The highest BCUT2D eigenvalue weighted by Gasteiger charge is 2.57. The molecule has 1 aliphatic carbocycles. The zero-order chi connectivity index (χ0) is 28.9. The third-order valence-electron chi connectivity index (χ3n) is 8.77. The van der Waals surface area contributed by atoms with E-state index in [1.165, 1.54) is 4.90 Å². The van der Waals surface area contributed by atoms with Gasteiger partial charge in [0.25, 0.3) is 0 Å². The van der Waals surface area contributed by atoms with Gasteiger partial charge in [0.15, 0.2) is 9.84 Å². The Bertz CT molecular complexity index is 1360. The second kappa shape index (κ2) is 10.7. The van der Waals surface area contributed by atoms with E-state index in [9.17, 15) is 23.1 Å². The van der Waals surface area contributed by atoms with Gasteiger partial charge in [-0.15, -0.1) is 0 Å². The number of amides is 1. The van der Waals surface area contributed by atoms with E-state index in [0.29, 0.717) is 23.4 Å². The van der Waals surface area contributed by atoms with Gasteiger partial charge in [0.05, 0.1) is 16.4 Å². The molecule has 2 aromatic rings. The molecule has 2 saturated heterocycles. The predicted molar refractivity (Wildman–Crippen MR) is 157 cm³/mol. The maximum Gasteiger partial charge on any atom is 0.326 e. The number of carboxylic acid groups (broad SMARTS) is 1. The molecular weight excluding hydrogens is 550 g/mol. The van der Waals surface area contributed by atoms with Gasteiger partial charge in [-0.2, -0.15) is 0 Å². The van der Waals surface area contributed by atoms with Crippen molar-refractivity contribution in [3.8, 4) is 0 Å². The van der Waals surface area contributed by atoms with Gasteiger partial charge in [-0.3, -0.25) is 9.69 Å². The smallest absolute Gasteiger partial charge is 0.326 e. The molecule has 0 unspecified atom stereocenters. The van der Waals surface area contributed by atoms with Crippen molar-refractivity contribution in [1.29, 1.82) is 0 Å². The summed E-state index contributed by atoms with van der Waals surface area (Å²) < 4.78 is 26.9. The van der Waals surface area contributed by atoms with E-state index in [2.05, 4.69) is 30.6 Å². The van der Waals surface area contributed by atoms with Crippen molar-refractivity contribution in [2.24, 2.45) is 0 Å². The third kappa shape index (κ3) is 5.74. The predicted octanol–water partition coefficient (Wildman–Crippen LogP) is 3.96. The summed E-state index contributed by atoms with van der Waals surface area (Å²) >= 11 is 6.01. The van der Waals surface area contributed by atoms with Crippen molar-refractivity contribution in [1.82, 2.24) is 9.80 Å². The highest BCUT2D eigenvalue weighted by Crippen LogP contribution is 2.51. The molecular formula is C30H38ClN3O5S. The van der Waals surface area contributed by atoms with Gasteiger partial charge in [-0.1, -0.05) is 35.9 Å². The largest absolute Gasteiger partial charge is 0.480 e. The maximum atomic E-state index is 13.7. The maximum absolute atomic E-state index is 13.7. The molecule has 2 heterocycles. The number of halogens is 1. The normalized spacial score (nSPS) is 23.3. The van der Waals surface area contributed by atoms with Gasteiger partial charge >= 0.3 is 5.97 Å². The summed E-state index contributed by atoms with van der Waals surface area (Å²) in [7, 11) is -3.70. The van der Waals surface area contributed by atoms with Crippen molar-refractivity contribution in [3.63, 3.8) is 0 Å². The Kier molecular flexibility index (Phi) is 7.70. The molecule has 216 valence electrons. The number of rotatable bonds is 7. The molecule has 0 aromatic heterocycles. The van der Waals surface area contributed by atoms with Crippen LogP contribution in [0.1, 0.15) is 51.2 Å². The first-order chi connectivity index (χ1) is 18.8. The van der Waals surface area contributed by atoms with E-state index in [4.69, 9.17) is 11.6 Å². The molecule has 1 amide bonds. The van der Waals surface area contributed by atoms with Crippen LogP contribution >= 0.6 is 11.6 Å². The monoisotopic (exact) mass is 587 g/mol. The minimum atomic E-state index is -3.70. The minimum absolute atomic E-state index is 0.101. The summed E-state index contributed by atoms with van der Waals surface area (Å²) in [6, 6.07) is 13.5. The minimum Gasteiger partial charge on any atom is -0.480 e. The number of carbonyl (C=O) groups is 2. The number of piperazine rings is 1. The number of anilines is 1. The van der Waals surface area contributed by atoms with Crippen LogP contribution in [-0.4, -0.2) is 84.8 Å². The lowest BCUT2D eigenvalue weighted by Gasteiger charge is -2.43. The standard InChI is InChI=1S/C30H38ClN3O5S/c1-29(2,3)33-16-14-32(15-17-33)24-10-4-21(5-11-24)20-40(38,39)25-18-26(27(35)36)34(19-25)28(37)30(12-13-30)22-6-8-23(31)9-7-22/h4-11,25-26H,12-20H2,1-3H3,(H,35,36)/t25-,26+/m1/s1. The quantitative estimate of drug-likeness (QED) is 0.523. The van der Waals surface area contributed by atoms with E-state index < -0.39 is 32.5 Å². The van der Waals surface area contributed by atoms with E-state index in [-0.39, 0.29) is 30.2 Å². The van der Waals surface area contributed by atoms with Crippen molar-refractivity contribution >= 4 is 39.0 Å². The van der Waals surface area contributed by atoms with E-state index in [1.54, 1.807) is 24.3 Å². The second-order valence-corrected chi connectivity index (χ2v) is 15.1. The van der Waals surface area contributed by atoms with E-state index in [0.717, 1.165) is 37.4 Å². The molecule has 3 fully saturated rings. The molecule has 0 bridgehead atoms. The summed E-state index contributed by atoms with van der Waals surface area (Å²) in [6.07, 6.45) is 1.10. The molecule has 0 spiro atoms. The molecule has 10 heteroatoms. The second-order valence-electron chi connectivity index (χ2n) is 12.4. The number of carbonyl (C=O) groups excluding carboxylic acids is 1. The van der Waals surface area contributed by atoms with E-state index >= 15 is 0 Å². The Morgan fingerprint density at radius 3 is 2.10 bits per heavy atom. The number of sulfone groups is 1. The number of carboxylic acids is 1. The van der Waals surface area contributed by atoms with Crippen molar-refractivity contribution in [3.05, 3.63) is 64.7 Å². The summed E-state index contributed by atoms with van der Waals surface area (Å²) in [5.41, 5.74) is 1.85. The molecule has 2 aliphatic heterocycles. The molecule has 8 nitrogen and oxygen atoms in total. The number of hydrogen-bond donors (Lipinski definition) is 1. The first-order valence-electron chi connectivity index (χ1n) is 13.9. The SMILES string of the molecule is CC(C)(C)N1CCN(c2ccc(CS(=O)(=O)[C@@H]3C[C@@H](C(=O)O)N(C(=O)C4(c5ccc(Cl)cc5)CC4)C3)cc2)CC1. The number of hydrogen-bond acceptors (Lipinski definition) is 6. The molecule has 40 heavy (non-hydrogen) atoms. The van der Waals surface area contributed by atoms with Gasteiger partial charge in [0, 0.05) is 49.0 Å². The lowest BCUT2D eigenvalue weighted by atomic mass is 9.94. The first-order valence-corrected chi connectivity index (χ1v) is 16.0. The summed E-state index contributed by atoms with van der Waals surface area (Å²) in [5, 5.41) is 9.53. The Morgan fingerprint density at radius 1 is 0.975 bits per heavy atom. The van der Waals surface area contributed by atoms with Crippen LogP contribution in [0.15, 0.2) is 48.5 Å². The fraction of sp³-hybridized carbons (Fsp3) is 0.533. The number of likely N-dealkylation sites (tertiary alicyclic amines) is 1. The van der Waals surface area contributed by atoms with Crippen molar-refractivity contribution in [2.75, 3.05) is 37.6 Å². The van der Waals surface area contributed by atoms with Crippen LogP contribution in [0.2, 0.25) is 5.02 Å². The molecule has 5 rings (SSSR count). The third-order valence-corrected chi connectivity index (χ3v) is 11.1. The zero-order valence-corrected chi connectivity index (χ0v) is 24.9. The van der Waals surface area contributed by atoms with Crippen LogP contribution in [0.4, 0.5) is 5.69 Å². The fourth-order valence-corrected chi connectivity index (χ4v) is 7.98. The Labute approximate surface area is 241 Å². The van der Waals surface area contributed by atoms with Gasteiger partial charge < -0.3 is 14.9 Å². The Hall–Kier alpha value is -2.62. The van der Waals surface area contributed by atoms with Crippen LogP contribution in [0.5, 0.6) is 0 Å². The molecule has 1 saturated carbocycles. The van der Waals surface area contributed by atoms with Crippen LogP contribution in [0.3, 0.4) is 0 Å². The van der Waals surface area contributed by atoms with Gasteiger partial charge in [-0.05, 0) is 75.4 Å². The number of aliphatic carboxylic acids is 1. The number of nitrogens with zero attached hydrogens (tertiary/aromatic N) is 3. The van der Waals surface area contributed by atoms with Crippen LogP contribution in [0.25, 0.3) is 0 Å². The summed E-state index contributed by atoms with van der Waals surface area (Å²) in [5.74, 6) is -1.67. The zero-order valence-electron chi connectivity index (χ0n) is 23.3. The highest BCUT2D eigenvalue weighted by atomic mass is 35.5. The fourth-order valence-electron chi connectivity index (χ4n) is 6.10. The van der Waals surface area contributed by atoms with Crippen molar-refractivity contribution in [2.45, 2.75) is 68.0 Å². The number of benzene rings is 2.